The Bertz CT molecular complexity index is 657. The van der Waals surface area contributed by atoms with Crippen LogP contribution < -0.4 is 5.32 Å². The van der Waals surface area contributed by atoms with Gasteiger partial charge in [0.05, 0.1) is 9.35 Å². The van der Waals surface area contributed by atoms with Crippen LogP contribution in [0.4, 0.5) is 5.69 Å². The summed E-state index contributed by atoms with van der Waals surface area (Å²) in [5, 5.41) is 4.97. The van der Waals surface area contributed by atoms with Gasteiger partial charge in [0, 0.05) is 5.69 Å². The summed E-state index contributed by atoms with van der Waals surface area (Å²) in [6.45, 7) is 8.95. The summed E-state index contributed by atoms with van der Waals surface area (Å²) in [5.41, 5.74) is 3.04. The van der Waals surface area contributed by atoms with Crippen molar-refractivity contribution in [2.45, 2.75) is 40.0 Å². The van der Waals surface area contributed by atoms with Gasteiger partial charge in [0.25, 0.3) is 5.91 Å². The largest absolute Gasteiger partial charge is 0.322 e. The number of anilines is 1. The molecule has 0 radical (unpaired) electrons. The highest BCUT2D eigenvalue weighted by atomic mass is 79.9. The van der Waals surface area contributed by atoms with Crippen molar-refractivity contribution in [2.75, 3.05) is 5.32 Å². The van der Waals surface area contributed by atoms with E-state index in [-0.39, 0.29) is 11.3 Å². The van der Waals surface area contributed by atoms with Crippen molar-refractivity contribution in [1.82, 2.24) is 0 Å². The fourth-order valence-corrected chi connectivity index (χ4v) is 3.96. The molecule has 4 heteroatoms. The number of halogens is 1. The summed E-state index contributed by atoms with van der Waals surface area (Å²) in [7, 11) is 0. The summed E-state index contributed by atoms with van der Waals surface area (Å²) in [4.78, 5) is 12.4. The summed E-state index contributed by atoms with van der Waals surface area (Å²) >= 11 is 4.94. The van der Waals surface area contributed by atoms with Gasteiger partial charge < -0.3 is 5.32 Å². The molecule has 22 heavy (non-hydrogen) atoms. The van der Waals surface area contributed by atoms with E-state index in [0.717, 1.165) is 15.9 Å². The third kappa shape index (κ3) is 4.43. The number of para-hydroxylation sites is 1. The molecular weight excluding hydrogens is 358 g/mol. The fourth-order valence-electron chi connectivity index (χ4n) is 2.71. The molecule has 0 fully saturated rings. The lowest BCUT2D eigenvalue weighted by Crippen LogP contribution is -2.15. The molecule has 0 spiro atoms. The Morgan fingerprint density at radius 2 is 1.95 bits per heavy atom. The van der Waals surface area contributed by atoms with E-state index in [9.17, 15) is 4.79 Å². The molecule has 0 aliphatic rings. The number of benzene rings is 1. The van der Waals surface area contributed by atoms with Crippen LogP contribution in [0, 0.1) is 5.41 Å². The molecule has 0 saturated carbocycles. The topological polar surface area (TPSA) is 29.1 Å². The average molecular weight is 380 g/mol. The molecule has 1 aromatic carbocycles. The van der Waals surface area contributed by atoms with E-state index >= 15 is 0 Å². The van der Waals surface area contributed by atoms with E-state index in [0.29, 0.717) is 11.5 Å². The van der Waals surface area contributed by atoms with Crippen LogP contribution in [0.15, 0.2) is 39.5 Å². The van der Waals surface area contributed by atoms with Crippen LogP contribution in [0.25, 0.3) is 0 Å². The number of nitrogens with one attached hydrogen (secondary N) is 1. The third-order valence-corrected chi connectivity index (χ3v) is 5.21. The second kappa shape index (κ2) is 6.97. The third-order valence-electron chi connectivity index (χ3n) is 3.52. The van der Waals surface area contributed by atoms with Crippen molar-refractivity contribution in [1.29, 1.82) is 0 Å². The average Bonchev–Trinajstić information content (AvgIpc) is 2.83. The molecule has 1 aromatic heterocycles. The first kappa shape index (κ1) is 17.2. The first-order valence-corrected chi connectivity index (χ1v) is 9.08. The zero-order valence-corrected chi connectivity index (χ0v) is 15.8. The zero-order chi connectivity index (χ0) is 16.3. The van der Waals surface area contributed by atoms with E-state index < -0.39 is 0 Å². The van der Waals surface area contributed by atoms with Crippen molar-refractivity contribution in [3.8, 4) is 0 Å². The fraction of sp³-hybridized carbons (Fsp3) is 0.389. The Morgan fingerprint density at radius 1 is 1.27 bits per heavy atom. The first-order valence-electron chi connectivity index (χ1n) is 7.41. The van der Waals surface area contributed by atoms with Crippen molar-refractivity contribution < 1.29 is 4.79 Å². The minimum atomic E-state index is -0.0662. The van der Waals surface area contributed by atoms with Gasteiger partial charge in [-0.1, -0.05) is 45.9 Å². The summed E-state index contributed by atoms with van der Waals surface area (Å²) in [5.74, 6) is 0.325. The first-order chi connectivity index (χ1) is 10.3. The van der Waals surface area contributed by atoms with E-state index in [1.807, 2.05) is 29.6 Å². The molecule has 2 aromatic rings. The Kier molecular flexibility index (Phi) is 5.45. The van der Waals surface area contributed by atoms with Crippen molar-refractivity contribution in [3.63, 3.8) is 0 Å². The Balaban J connectivity index is 2.22. The molecule has 1 heterocycles. The van der Waals surface area contributed by atoms with Crippen LogP contribution in [0.3, 0.4) is 0 Å². The predicted octanol–water partition coefficient (Wildman–Crippen LogP) is 6.30. The van der Waals surface area contributed by atoms with Gasteiger partial charge in [-0.3, -0.25) is 4.79 Å². The van der Waals surface area contributed by atoms with Crippen molar-refractivity contribution in [3.05, 3.63) is 50.6 Å². The number of thiophene rings is 1. The summed E-state index contributed by atoms with van der Waals surface area (Å²) in [6.07, 6.45) is 1.07. The Morgan fingerprint density at radius 3 is 2.55 bits per heavy atom. The second-order valence-electron chi connectivity index (χ2n) is 6.82. The maximum Gasteiger partial charge on any atom is 0.257 e. The minimum Gasteiger partial charge on any atom is -0.322 e. The Labute approximate surface area is 145 Å². The molecular formula is C18H22BrNOS. The van der Waals surface area contributed by atoms with Gasteiger partial charge in [-0.15, -0.1) is 11.3 Å². The van der Waals surface area contributed by atoms with Gasteiger partial charge >= 0.3 is 0 Å². The van der Waals surface area contributed by atoms with Crippen LogP contribution >= 0.6 is 27.3 Å². The van der Waals surface area contributed by atoms with Gasteiger partial charge in [-0.2, -0.15) is 0 Å². The molecule has 1 amide bonds. The number of hydrogen-bond donors (Lipinski definition) is 1. The minimum absolute atomic E-state index is 0.0662. The summed E-state index contributed by atoms with van der Waals surface area (Å²) < 4.78 is 0.866. The molecule has 1 N–H and O–H groups in total. The van der Waals surface area contributed by atoms with Crippen molar-refractivity contribution >= 4 is 38.9 Å². The van der Waals surface area contributed by atoms with E-state index in [4.69, 9.17) is 0 Å². The van der Waals surface area contributed by atoms with Crippen LogP contribution in [-0.2, 0) is 0 Å². The highest BCUT2D eigenvalue weighted by molar-refractivity contribution is 9.11. The van der Waals surface area contributed by atoms with E-state index in [2.05, 4.69) is 55.0 Å². The molecule has 1 unspecified atom stereocenters. The quantitative estimate of drug-likeness (QED) is 0.662. The van der Waals surface area contributed by atoms with Crippen LogP contribution in [0.2, 0.25) is 0 Å². The lowest BCUT2D eigenvalue weighted by molar-refractivity contribution is 0.102. The van der Waals surface area contributed by atoms with Gasteiger partial charge in [0.15, 0.2) is 0 Å². The number of amides is 1. The molecule has 1 atom stereocenters. The highest BCUT2D eigenvalue weighted by Gasteiger charge is 2.20. The predicted molar refractivity (Wildman–Crippen MR) is 98.9 cm³/mol. The van der Waals surface area contributed by atoms with Gasteiger partial charge in [0.1, 0.15) is 0 Å². The van der Waals surface area contributed by atoms with E-state index in [1.54, 1.807) is 0 Å². The maximum atomic E-state index is 12.4. The highest BCUT2D eigenvalue weighted by Crippen LogP contribution is 2.34. The van der Waals surface area contributed by atoms with Crippen LogP contribution in [0.5, 0.6) is 0 Å². The lowest BCUT2D eigenvalue weighted by Gasteiger charge is -2.25. The van der Waals surface area contributed by atoms with Gasteiger partial charge in [-0.05, 0) is 56.8 Å². The molecule has 0 bridgehead atoms. The molecule has 118 valence electrons. The molecule has 0 saturated heterocycles. The lowest BCUT2D eigenvalue weighted by atomic mass is 9.82. The van der Waals surface area contributed by atoms with Crippen molar-refractivity contribution in [2.24, 2.45) is 5.41 Å². The molecule has 2 rings (SSSR count). The molecule has 2 nitrogen and oxygen atoms in total. The zero-order valence-electron chi connectivity index (χ0n) is 13.4. The van der Waals surface area contributed by atoms with Gasteiger partial charge in [0.2, 0.25) is 0 Å². The van der Waals surface area contributed by atoms with Gasteiger partial charge in [-0.25, -0.2) is 0 Å². The number of carbonyl (C=O) groups is 1. The second-order valence-corrected chi connectivity index (χ2v) is 9.05. The summed E-state index contributed by atoms with van der Waals surface area (Å²) in [6, 6.07) is 9.92. The SMILES string of the molecule is CC(CC(C)(C)C)c1ccccc1NC(=O)c1ccsc1Br. The standard InChI is InChI=1S/C18H22BrNOS/c1-12(11-18(2,3)4)13-7-5-6-8-15(13)20-17(21)14-9-10-22-16(14)19/h5-10,12H,11H2,1-4H3,(H,20,21). The molecule has 0 aliphatic carbocycles. The molecule has 0 aliphatic heterocycles. The maximum absolute atomic E-state index is 12.4. The number of hydrogen-bond acceptors (Lipinski definition) is 2. The van der Waals surface area contributed by atoms with Crippen LogP contribution in [0.1, 0.15) is 56.0 Å². The number of rotatable bonds is 4. The Hall–Kier alpha value is -1.13. The van der Waals surface area contributed by atoms with E-state index in [1.165, 1.54) is 16.9 Å². The normalized spacial score (nSPS) is 13.0. The monoisotopic (exact) mass is 379 g/mol. The smallest absolute Gasteiger partial charge is 0.257 e. The number of carbonyl (C=O) groups excluding carboxylic acids is 1. The van der Waals surface area contributed by atoms with Crippen LogP contribution in [-0.4, -0.2) is 5.91 Å².